The molecular weight excluding hydrogens is 439 g/mol. The molecule has 0 bridgehead atoms. The van der Waals surface area contributed by atoms with Crippen molar-refractivity contribution in [1.29, 1.82) is 0 Å². The van der Waals surface area contributed by atoms with E-state index < -0.39 is 23.4 Å². The van der Waals surface area contributed by atoms with Gasteiger partial charge in [0.1, 0.15) is 10.7 Å². The largest absolute Gasteiger partial charge is 0.437 e. The van der Waals surface area contributed by atoms with Crippen LogP contribution < -0.4 is 10.1 Å². The second-order valence-electron chi connectivity index (χ2n) is 6.03. The smallest absolute Gasteiger partial charge is 0.420 e. The minimum atomic E-state index is -4.79. The van der Waals surface area contributed by atoms with Crippen LogP contribution in [0.4, 0.5) is 13.2 Å². The number of carbonyl (C=O) groups is 1. The van der Waals surface area contributed by atoms with Crippen molar-refractivity contribution < 1.29 is 27.2 Å². The Kier molecular flexibility index (Phi) is 6.54. The predicted molar refractivity (Wildman–Crippen MR) is 105 cm³/mol. The van der Waals surface area contributed by atoms with Gasteiger partial charge in [0.05, 0.1) is 6.20 Å². The van der Waals surface area contributed by atoms with Gasteiger partial charge < -0.3 is 14.6 Å². The summed E-state index contributed by atoms with van der Waals surface area (Å²) in [4.78, 5) is 23.5. The fourth-order valence-corrected chi connectivity index (χ4v) is 2.72. The third-order valence-electron chi connectivity index (χ3n) is 3.90. The van der Waals surface area contributed by atoms with Gasteiger partial charge in [-0.25, -0.2) is 4.98 Å². The molecule has 0 radical (unpaired) electrons. The topological polar surface area (TPSA) is 103 Å². The summed E-state index contributed by atoms with van der Waals surface area (Å²) in [7, 11) is 1.39. The first-order valence-corrected chi connectivity index (χ1v) is 9.22. The molecule has 3 heterocycles. The van der Waals surface area contributed by atoms with Crippen molar-refractivity contribution in [2.75, 3.05) is 7.05 Å². The Balaban J connectivity index is 2.00. The Morgan fingerprint density at radius 2 is 2.03 bits per heavy atom. The van der Waals surface area contributed by atoms with Crippen molar-refractivity contribution in [3.05, 3.63) is 58.1 Å². The summed E-state index contributed by atoms with van der Waals surface area (Å²) in [6.45, 7) is 1.81. The zero-order valence-electron chi connectivity index (χ0n) is 16.2. The van der Waals surface area contributed by atoms with Crippen LogP contribution in [0.3, 0.4) is 0 Å². The number of aromatic nitrogens is 4. The number of pyridine rings is 2. The van der Waals surface area contributed by atoms with E-state index in [1.54, 1.807) is 0 Å². The molecule has 0 saturated carbocycles. The molecule has 8 nitrogen and oxygen atoms in total. The lowest BCUT2D eigenvalue weighted by molar-refractivity contribution is -0.138. The first-order chi connectivity index (χ1) is 14.7. The molecule has 1 N–H and O–H groups in total. The number of halogens is 4. The molecule has 31 heavy (non-hydrogen) atoms. The lowest BCUT2D eigenvalue weighted by Crippen LogP contribution is -2.18. The molecule has 0 spiro atoms. The molecule has 162 valence electrons. The minimum absolute atomic E-state index is 0.0445. The average molecular weight is 454 g/mol. The lowest BCUT2D eigenvalue weighted by atomic mass is 10.1. The average Bonchev–Trinajstić information content (AvgIpc) is 3.18. The molecular formula is C19H15ClF3N5O3. The molecule has 0 saturated heterocycles. The third-order valence-corrected chi connectivity index (χ3v) is 4.10. The maximum Gasteiger partial charge on any atom is 0.420 e. The Bertz CT molecular complexity index is 1130. The number of aryl methyl sites for hydroxylation is 1. The highest BCUT2D eigenvalue weighted by molar-refractivity contribution is 6.29. The number of hydrogen-bond donors (Lipinski definition) is 1. The van der Waals surface area contributed by atoms with Crippen LogP contribution in [-0.2, 0) is 12.6 Å². The van der Waals surface area contributed by atoms with E-state index in [-0.39, 0.29) is 28.1 Å². The molecule has 1 amide bonds. The van der Waals surface area contributed by atoms with Gasteiger partial charge in [0.2, 0.25) is 5.88 Å². The van der Waals surface area contributed by atoms with Gasteiger partial charge in [-0.1, -0.05) is 23.7 Å². The van der Waals surface area contributed by atoms with E-state index in [9.17, 15) is 18.0 Å². The third kappa shape index (κ3) is 5.37. The molecule has 0 unspecified atom stereocenters. The number of nitrogens with one attached hydrogen (secondary N) is 1. The Morgan fingerprint density at radius 3 is 2.68 bits per heavy atom. The van der Waals surface area contributed by atoms with Crippen molar-refractivity contribution in [3.63, 3.8) is 0 Å². The van der Waals surface area contributed by atoms with Crippen LogP contribution in [0.25, 0.3) is 12.2 Å². The number of hydrogen-bond acceptors (Lipinski definition) is 7. The Labute approximate surface area is 179 Å². The molecule has 3 aromatic rings. The predicted octanol–water partition coefficient (Wildman–Crippen LogP) is 4.42. The SMILES string of the molecule is CCc1noc(/C=C/c2cncc(Oc3cc(C(=O)NC)cc(Cl)n3)c2C(F)(F)F)n1. The quantitative estimate of drug-likeness (QED) is 0.551. The summed E-state index contributed by atoms with van der Waals surface area (Å²) in [6.07, 6.45) is 0.0135. The number of ether oxygens (including phenoxy) is 1. The number of amides is 1. The zero-order chi connectivity index (χ0) is 22.6. The van der Waals surface area contributed by atoms with Gasteiger partial charge in [-0.15, -0.1) is 0 Å². The highest BCUT2D eigenvalue weighted by Crippen LogP contribution is 2.40. The standard InChI is InChI=1S/C19H15ClF3N5O3/c1-3-14-27-15(31-28-14)5-4-10-8-25-9-12(17(10)19(21,22)23)30-16-7-11(18(29)24-2)6-13(20)26-16/h4-9H,3H2,1-2H3,(H,24,29)/b5-4+. The molecule has 0 aliphatic rings. The Hall–Kier alpha value is -3.47. The van der Waals surface area contributed by atoms with Gasteiger partial charge in [-0.3, -0.25) is 9.78 Å². The van der Waals surface area contributed by atoms with Crippen molar-refractivity contribution in [1.82, 2.24) is 25.4 Å². The summed E-state index contributed by atoms with van der Waals surface area (Å²) in [5.74, 6) is -0.963. The highest BCUT2D eigenvalue weighted by atomic mass is 35.5. The van der Waals surface area contributed by atoms with Crippen LogP contribution in [0.2, 0.25) is 5.15 Å². The van der Waals surface area contributed by atoms with Crippen molar-refractivity contribution in [3.8, 4) is 11.6 Å². The summed E-state index contributed by atoms with van der Waals surface area (Å²) in [6, 6.07) is 2.42. The maximum absolute atomic E-state index is 13.8. The summed E-state index contributed by atoms with van der Waals surface area (Å²) in [5.41, 5.74) is -1.33. The Morgan fingerprint density at radius 1 is 1.26 bits per heavy atom. The van der Waals surface area contributed by atoms with E-state index in [1.807, 2.05) is 6.92 Å². The number of carbonyl (C=O) groups excluding carboxylic acids is 1. The molecule has 12 heteroatoms. The highest BCUT2D eigenvalue weighted by Gasteiger charge is 2.37. The van der Waals surface area contributed by atoms with Crippen molar-refractivity contribution in [2.45, 2.75) is 19.5 Å². The summed E-state index contributed by atoms with van der Waals surface area (Å²) < 4.78 is 51.8. The van der Waals surface area contributed by atoms with Crippen LogP contribution in [-0.4, -0.2) is 33.1 Å². The fourth-order valence-electron chi connectivity index (χ4n) is 2.52. The molecule has 0 fully saturated rings. The summed E-state index contributed by atoms with van der Waals surface area (Å²) in [5, 5.41) is 5.93. The van der Waals surface area contributed by atoms with Crippen LogP contribution in [0.15, 0.2) is 29.0 Å². The van der Waals surface area contributed by atoms with Gasteiger partial charge in [0.25, 0.3) is 11.8 Å². The van der Waals surface area contributed by atoms with Crippen LogP contribution in [0, 0.1) is 0 Å². The second-order valence-corrected chi connectivity index (χ2v) is 6.42. The molecule has 3 aromatic heterocycles. The first-order valence-electron chi connectivity index (χ1n) is 8.84. The van der Waals surface area contributed by atoms with Crippen LogP contribution >= 0.6 is 11.6 Å². The molecule has 3 rings (SSSR count). The van der Waals surface area contributed by atoms with Gasteiger partial charge in [-0.2, -0.15) is 18.2 Å². The molecule has 0 aliphatic carbocycles. The van der Waals surface area contributed by atoms with Gasteiger partial charge in [0, 0.05) is 42.9 Å². The summed E-state index contributed by atoms with van der Waals surface area (Å²) >= 11 is 5.87. The van der Waals surface area contributed by atoms with E-state index in [4.69, 9.17) is 20.9 Å². The normalized spacial score (nSPS) is 11.7. The van der Waals surface area contributed by atoms with E-state index in [2.05, 4.69) is 25.4 Å². The number of alkyl halides is 3. The van der Waals surface area contributed by atoms with E-state index >= 15 is 0 Å². The number of nitrogens with zero attached hydrogens (tertiary/aromatic N) is 4. The van der Waals surface area contributed by atoms with Gasteiger partial charge in [0.15, 0.2) is 11.6 Å². The minimum Gasteiger partial charge on any atom is -0.437 e. The fraction of sp³-hybridized carbons (Fsp3) is 0.211. The molecule has 0 aliphatic heterocycles. The van der Waals surface area contributed by atoms with Gasteiger partial charge >= 0.3 is 6.18 Å². The molecule has 0 atom stereocenters. The maximum atomic E-state index is 13.8. The van der Waals surface area contributed by atoms with E-state index in [0.717, 1.165) is 24.5 Å². The van der Waals surface area contributed by atoms with E-state index in [1.165, 1.54) is 19.2 Å². The molecule has 0 aromatic carbocycles. The van der Waals surface area contributed by atoms with Gasteiger partial charge in [-0.05, 0) is 12.1 Å². The monoisotopic (exact) mass is 453 g/mol. The zero-order valence-corrected chi connectivity index (χ0v) is 17.0. The van der Waals surface area contributed by atoms with Crippen LogP contribution in [0.1, 0.15) is 40.1 Å². The second kappa shape index (κ2) is 9.13. The first kappa shape index (κ1) is 22.2. The van der Waals surface area contributed by atoms with E-state index in [0.29, 0.717) is 12.2 Å². The van der Waals surface area contributed by atoms with Crippen molar-refractivity contribution >= 4 is 29.7 Å². The van der Waals surface area contributed by atoms with Crippen LogP contribution in [0.5, 0.6) is 11.6 Å². The lowest BCUT2D eigenvalue weighted by Gasteiger charge is -2.15. The van der Waals surface area contributed by atoms with Crippen molar-refractivity contribution in [2.24, 2.45) is 0 Å². The number of rotatable bonds is 6.